The molecule has 1 aliphatic rings. The Morgan fingerprint density at radius 1 is 1.26 bits per heavy atom. The zero-order valence-electron chi connectivity index (χ0n) is 15.9. The monoisotopic (exact) mass is 398 g/mol. The maximum absolute atomic E-state index is 13.1. The van der Waals surface area contributed by atoms with Crippen LogP contribution in [0.2, 0.25) is 0 Å². The first-order valence-corrected chi connectivity index (χ1v) is 10.4. The van der Waals surface area contributed by atoms with E-state index in [1.807, 2.05) is 6.92 Å². The van der Waals surface area contributed by atoms with Gasteiger partial charge in [-0.1, -0.05) is 6.92 Å². The fraction of sp³-hybridized carbons (Fsp3) is 0.588. The molecule has 0 radical (unpaired) electrons. The number of rotatable bonds is 8. The maximum Gasteiger partial charge on any atom is 0.270 e. The normalized spacial score (nSPS) is 14.9. The Hall–Kier alpha value is -2.20. The van der Waals surface area contributed by atoms with Crippen molar-refractivity contribution in [1.29, 1.82) is 0 Å². The van der Waals surface area contributed by atoms with Gasteiger partial charge in [-0.05, 0) is 25.3 Å². The van der Waals surface area contributed by atoms with E-state index in [0.29, 0.717) is 31.7 Å². The molecule has 150 valence electrons. The van der Waals surface area contributed by atoms with Gasteiger partial charge in [-0.15, -0.1) is 0 Å². The summed E-state index contributed by atoms with van der Waals surface area (Å²) < 4.78 is 27.6. The molecule has 0 unspecified atom stereocenters. The van der Waals surface area contributed by atoms with Gasteiger partial charge in [0.15, 0.2) is 0 Å². The molecule has 0 spiro atoms. The smallest absolute Gasteiger partial charge is 0.270 e. The second kappa shape index (κ2) is 8.66. The van der Waals surface area contributed by atoms with Gasteiger partial charge in [0.25, 0.3) is 5.69 Å². The molecule has 1 saturated heterocycles. The van der Waals surface area contributed by atoms with Gasteiger partial charge in [0.1, 0.15) is 4.90 Å². The van der Waals surface area contributed by atoms with Crippen molar-refractivity contribution in [3.05, 3.63) is 28.3 Å². The molecule has 0 aliphatic carbocycles. The molecule has 9 nitrogen and oxygen atoms in total. The molecule has 0 atom stereocenters. The Balaban J connectivity index is 2.56. The zero-order valence-corrected chi connectivity index (χ0v) is 16.7. The second-order valence-corrected chi connectivity index (χ2v) is 8.64. The zero-order chi connectivity index (χ0) is 20.2. The number of nitrogens with zero attached hydrogens (tertiary/aromatic N) is 4. The molecule has 0 bridgehead atoms. The van der Waals surface area contributed by atoms with E-state index in [4.69, 9.17) is 0 Å². The summed E-state index contributed by atoms with van der Waals surface area (Å²) in [5.74, 6) is -0.175. The minimum Gasteiger partial charge on any atom is -0.361 e. The standard InChI is InChI=1S/C17H26N4O5S/c1-4-9-19(13-17(22)18(2)3)15-8-7-14(21(23)24)12-16(15)27(25,26)20-10-5-6-11-20/h7-8,12H,4-6,9-11,13H2,1-3H3. The number of nitro benzene ring substituents is 1. The van der Waals surface area contributed by atoms with Gasteiger partial charge in [-0.25, -0.2) is 8.42 Å². The lowest BCUT2D eigenvalue weighted by Gasteiger charge is -2.28. The Morgan fingerprint density at radius 3 is 2.41 bits per heavy atom. The number of carbonyl (C=O) groups excluding carboxylic acids is 1. The van der Waals surface area contributed by atoms with Gasteiger partial charge in [0, 0.05) is 45.9 Å². The highest BCUT2D eigenvalue weighted by atomic mass is 32.2. The number of sulfonamides is 1. The number of nitro groups is 1. The molecule has 2 rings (SSSR count). The van der Waals surface area contributed by atoms with Crippen LogP contribution >= 0.6 is 0 Å². The third-order valence-electron chi connectivity index (χ3n) is 4.50. The number of carbonyl (C=O) groups is 1. The lowest BCUT2D eigenvalue weighted by atomic mass is 10.2. The third-order valence-corrected chi connectivity index (χ3v) is 6.42. The molecular weight excluding hydrogens is 372 g/mol. The Labute approximate surface area is 159 Å². The van der Waals surface area contributed by atoms with Gasteiger partial charge < -0.3 is 9.80 Å². The van der Waals surface area contributed by atoms with Gasteiger partial charge in [-0.3, -0.25) is 14.9 Å². The summed E-state index contributed by atoms with van der Waals surface area (Å²) in [6, 6.07) is 3.81. The second-order valence-electron chi connectivity index (χ2n) is 6.73. The van der Waals surface area contributed by atoms with E-state index >= 15 is 0 Å². The number of benzene rings is 1. The minimum absolute atomic E-state index is 0.00116. The SMILES string of the molecule is CCCN(CC(=O)N(C)C)c1ccc([N+](=O)[O-])cc1S(=O)(=O)N1CCCC1. The van der Waals surface area contributed by atoms with Crippen LogP contribution in [-0.2, 0) is 14.8 Å². The summed E-state index contributed by atoms with van der Waals surface area (Å²) in [7, 11) is -0.624. The predicted molar refractivity (Wildman–Crippen MR) is 102 cm³/mol. The fourth-order valence-corrected chi connectivity index (χ4v) is 4.76. The van der Waals surface area contributed by atoms with Crippen molar-refractivity contribution in [3.63, 3.8) is 0 Å². The molecule has 1 amide bonds. The third kappa shape index (κ3) is 4.75. The Morgan fingerprint density at radius 2 is 1.89 bits per heavy atom. The van der Waals surface area contributed by atoms with Gasteiger partial charge in [-0.2, -0.15) is 4.31 Å². The topological polar surface area (TPSA) is 104 Å². The van der Waals surface area contributed by atoms with E-state index in [2.05, 4.69) is 0 Å². The van der Waals surface area contributed by atoms with Crippen LogP contribution in [0.15, 0.2) is 23.1 Å². The van der Waals surface area contributed by atoms with Crippen LogP contribution in [0.25, 0.3) is 0 Å². The molecule has 1 aromatic carbocycles. The highest BCUT2D eigenvalue weighted by molar-refractivity contribution is 7.89. The molecule has 0 saturated carbocycles. The number of amides is 1. The van der Waals surface area contributed by atoms with E-state index in [-0.39, 0.29) is 23.0 Å². The van der Waals surface area contributed by atoms with Crippen molar-refractivity contribution in [2.24, 2.45) is 0 Å². The van der Waals surface area contributed by atoms with Crippen LogP contribution in [0.4, 0.5) is 11.4 Å². The summed E-state index contributed by atoms with van der Waals surface area (Å²) in [6.45, 7) is 3.18. The fourth-order valence-electron chi connectivity index (χ4n) is 3.01. The van der Waals surface area contributed by atoms with Gasteiger partial charge in [0.2, 0.25) is 15.9 Å². The molecular formula is C17H26N4O5S. The van der Waals surface area contributed by atoms with Crippen LogP contribution < -0.4 is 4.90 Å². The lowest BCUT2D eigenvalue weighted by molar-refractivity contribution is -0.385. The molecule has 1 heterocycles. The van der Waals surface area contributed by atoms with Gasteiger partial charge >= 0.3 is 0 Å². The van der Waals surface area contributed by atoms with Crippen LogP contribution in [-0.4, -0.2) is 68.7 Å². The molecule has 1 fully saturated rings. The summed E-state index contributed by atoms with van der Waals surface area (Å²) >= 11 is 0. The molecule has 1 aliphatic heterocycles. The van der Waals surface area contributed by atoms with Crippen LogP contribution in [0.3, 0.4) is 0 Å². The van der Waals surface area contributed by atoms with Crippen molar-refractivity contribution in [2.75, 3.05) is 45.2 Å². The predicted octanol–water partition coefficient (Wildman–Crippen LogP) is 1.68. The first-order valence-electron chi connectivity index (χ1n) is 8.92. The van der Waals surface area contributed by atoms with Crippen molar-refractivity contribution < 1.29 is 18.1 Å². The number of anilines is 1. The average Bonchev–Trinajstić information content (AvgIpc) is 3.16. The van der Waals surface area contributed by atoms with E-state index in [1.54, 1.807) is 19.0 Å². The quantitative estimate of drug-likeness (QED) is 0.487. The highest BCUT2D eigenvalue weighted by Gasteiger charge is 2.32. The van der Waals surface area contributed by atoms with Crippen molar-refractivity contribution in [3.8, 4) is 0 Å². The largest absolute Gasteiger partial charge is 0.361 e. The van der Waals surface area contributed by atoms with Crippen LogP contribution in [0, 0.1) is 10.1 Å². The maximum atomic E-state index is 13.1. The number of likely N-dealkylation sites (N-methyl/N-ethyl adjacent to an activating group) is 1. The number of hydrogen-bond acceptors (Lipinski definition) is 6. The number of hydrogen-bond donors (Lipinski definition) is 0. The van der Waals surface area contributed by atoms with Gasteiger partial charge in [0.05, 0.1) is 17.2 Å². The molecule has 1 aromatic rings. The highest BCUT2D eigenvalue weighted by Crippen LogP contribution is 2.33. The van der Waals surface area contributed by atoms with Crippen molar-refractivity contribution in [2.45, 2.75) is 31.1 Å². The Kier molecular flexibility index (Phi) is 6.77. The van der Waals surface area contributed by atoms with Crippen molar-refractivity contribution in [1.82, 2.24) is 9.21 Å². The van der Waals surface area contributed by atoms with Crippen LogP contribution in [0.5, 0.6) is 0 Å². The summed E-state index contributed by atoms with van der Waals surface area (Å²) in [4.78, 5) is 25.8. The lowest BCUT2D eigenvalue weighted by Crippen LogP contribution is -2.38. The Bertz CT molecular complexity index is 804. The summed E-state index contributed by atoms with van der Waals surface area (Å²) in [5.41, 5.74) is 0.0384. The van der Waals surface area contributed by atoms with E-state index in [1.165, 1.54) is 21.3 Å². The van der Waals surface area contributed by atoms with E-state index < -0.39 is 14.9 Å². The molecule has 0 N–H and O–H groups in total. The number of non-ortho nitro benzene ring substituents is 1. The first kappa shape index (κ1) is 21.1. The van der Waals surface area contributed by atoms with Crippen LogP contribution in [0.1, 0.15) is 26.2 Å². The molecule has 10 heteroatoms. The molecule has 27 heavy (non-hydrogen) atoms. The summed E-state index contributed by atoms with van der Waals surface area (Å²) in [6.07, 6.45) is 2.23. The minimum atomic E-state index is -3.88. The average molecular weight is 398 g/mol. The van der Waals surface area contributed by atoms with Crippen molar-refractivity contribution >= 4 is 27.3 Å². The molecule has 0 aromatic heterocycles. The van der Waals surface area contributed by atoms with E-state index in [9.17, 15) is 23.3 Å². The van der Waals surface area contributed by atoms with E-state index in [0.717, 1.165) is 18.9 Å². The first-order chi connectivity index (χ1) is 12.7. The summed E-state index contributed by atoms with van der Waals surface area (Å²) in [5, 5.41) is 11.2.